The summed E-state index contributed by atoms with van der Waals surface area (Å²) in [5, 5.41) is 10.2. The zero-order valence-corrected chi connectivity index (χ0v) is 10.4. The average Bonchev–Trinajstić information content (AvgIpc) is 2.26. The molecule has 0 N–H and O–H groups in total. The van der Waals surface area contributed by atoms with E-state index in [2.05, 4.69) is 15.9 Å². The van der Waals surface area contributed by atoms with Crippen molar-refractivity contribution in [3.63, 3.8) is 0 Å². The number of halogens is 1. The minimum absolute atomic E-state index is 0.533. The molecule has 0 amide bonds. The number of methoxy groups -OCH3 is 2. The van der Waals surface area contributed by atoms with Gasteiger partial charge in [0.1, 0.15) is 11.5 Å². The minimum atomic E-state index is -0.534. The van der Waals surface area contributed by atoms with Crippen molar-refractivity contribution in [3.05, 3.63) is 38.5 Å². The summed E-state index contributed by atoms with van der Waals surface area (Å²) in [4.78, 5) is 9.70. The Bertz CT molecular complexity index is 431. The van der Waals surface area contributed by atoms with E-state index in [0.29, 0.717) is 17.1 Å². The zero-order chi connectivity index (χ0) is 12.1. The molecule has 0 spiro atoms. The second kappa shape index (κ2) is 5.50. The molecule has 0 radical (unpaired) electrons. The van der Waals surface area contributed by atoms with Crippen LogP contribution in [0.2, 0.25) is 0 Å². The van der Waals surface area contributed by atoms with Crippen LogP contribution in [0, 0.1) is 10.1 Å². The normalized spacial score (nSPS) is 10.4. The molecular formula is C10H10BrNO4. The Morgan fingerprint density at radius 2 is 1.94 bits per heavy atom. The van der Waals surface area contributed by atoms with Crippen LogP contribution in [0.5, 0.6) is 11.5 Å². The Morgan fingerprint density at radius 3 is 2.44 bits per heavy atom. The number of nitro groups is 1. The van der Waals surface area contributed by atoms with E-state index in [4.69, 9.17) is 9.47 Å². The first-order valence-electron chi connectivity index (χ1n) is 4.31. The number of nitrogens with zero attached hydrogens (tertiary/aromatic N) is 1. The van der Waals surface area contributed by atoms with Gasteiger partial charge in [-0.05, 0) is 28.1 Å². The minimum Gasteiger partial charge on any atom is -0.496 e. The van der Waals surface area contributed by atoms with Crippen LogP contribution in [0.1, 0.15) is 5.56 Å². The lowest BCUT2D eigenvalue weighted by Crippen LogP contribution is -1.92. The summed E-state index contributed by atoms with van der Waals surface area (Å²) in [5.74, 6) is 1.12. The van der Waals surface area contributed by atoms with E-state index in [0.717, 1.165) is 10.7 Å². The number of hydrogen-bond donors (Lipinski definition) is 0. The standard InChI is InChI=1S/C10H10BrNO4/c1-15-9-6-8(11)10(16-2)5-7(9)3-4-12(13)14/h3-6H,1-2H3/b4-3-. The van der Waals surface area contributed by atoms with Crippen LogP contribution in [0.4, 0.5) is 0 Å². The summed E-state index contributed by atoms with van der Waals surface area (Å²) in [6.07, 6.45) is 2.21. The van der Waals surface area contributed by atoms with Crippen molar-refractivity contribution < 1.29 is 14.4 Å². The Kier molecular flexibility index (Phi) is 4.30. The van der Waals surface area contributed by atoms with Crippen LogP contribution in [0.25, 0.3) is 6.08 Å². The molecule has 0 aliphatic heterocycles. The van der Waals surface area contributed by atoms with Gasteiger partial charge in [0.05, 0.1) is 23.6 Å². The maximum atomic E-state index is 10.2. The Hall–Kier alpha value is -1.56. The van der Waals surface area contributed by atoms with Crippen molar-refractivity contribution in [2.24, 2.45) is 0 Å². The molecule has 0 aromatic heterocycles. The predicted octanol–water partition coefficient (Wildman–Crippen LogP) is 2.71. The third-order valence-corrected chi connectivity index (χ3v) is 2.50. The topological polar surface area (TPSA) is 61.6 Å². The lowest BCUT2D eigenvalue weighted by molar-refractivity contribution is -0.400. The van der Waals surface area contributed by atoms with Crippen molar-refractivity contribution in [2.75, 3.05) is 14.2 Å². The summed E-state index contributed by atoms with van der Waals surface area (Å²) in [5.41, 5.74) is 0.583. The third kappa shape index (κ3) is 2.96. The molecule has 0 aliphatic carbocycles. The molecule has 1 aromatic rings. The molecule has 0 fully saturated rings. The molecule has 0 unspecified atom stereocenters. The van der Waals surface area contributed by atoms with Crippen LogP contribution in [0.3, 0.4) is 0 Å². The zero-order valence-electron chi connectivity index (χ0n) is 8.77. The quantitative estimate of drug-likeness (QED) is 0.631. The lowest BCUT2D eigenvalue weighted by atomic mass is 10.2. The molecule has 0 bridgehead atoms. The van der Waals surface area contributed by atoms with E-state index in [1.807, 2.05) is 0 Å². The number of rotatable bonds is 4. The van der Waals surface area contributed by atoms with E-state index in [-0.39, 0.29) is 0 Å². The van der Waals surface area contributed by atoms with Gasteiger partial charge in [-0.1, -0.05) is 0 Å². The van der Waals surface area contributed by atoms with Crippen LogP contribution in [-0.4, -0.2) is 19.1 Å². The molecule has 16 heavy (non-hydrogen) atoms. The molecule has 0 saturated heterocycles. The molecule has 0 saturated carbocycles. The van der Waals surface area contributed by atoms with Crippen LogP contribution < -0.4 is 9.47 Å². The van der Waals surface area contributed by atoms with E-state index >= 15 is 0 Å². The highest BCUT2D eigenvalue weighted by atomic mass is 79.9. The van der Waals surface area contributed by atoms with Crippen molar-refractivity contribution in [1.29, 1.82) is 0 Å². The summed E-state index contributed by atoms with van der Waals surface area (Å²) in [7, 11) is 3.02. The highest BCUT2D eigenvalue weighted by Crippen LogP contribution is 2.33. The molecule has 6 heteroatoms. The lowest BCUT2D eigenvalue weighted by Gasteiger charge is -2.08. The molecular weight excluding hydrogens is 278 g/mol. The monoisotopic (exact) mass is 287 g/mol. The van der Waals surface area contributed by atoms with Crippen LogP contribution in [-0.2, 0) is 0 Å². The molecule has 0 heterocycles. The van der Waals surface area contributed by atoms with E-state index in [9.17, 15) is 10.1 Å². The fourth-order valence-electron chi connectivity index (χ4n) is 1.16. The second-order valence-corrected chi connectivity index (χ2v) is 3.68. The Morgan fingerprint density at radius 1 is 1.31 bits per heavy atom. The van der Waals surface area contributed by atoms with Crippen LogP contribution >= 0.6 is 15.9 Å². The largest absolute Gasteiger partial charge is 0.496 e. The van der Waals surface area contributed by atoms with E-state index in [1.165, 1.54) is 20.3 Å². The van der Waals surface area contributed by atoms with Crippen LogP contribution in [0.15, 0.2) is 22.8 Å². The maximum absolute atomic E-state index is 10.2. The fraction of sp³-hybridized carbons (Fsp3) is 0.200. The van der Waals surface area contributed by atoms with Gasteiger partial charge < -0.3 is 9.47 Å². The first-order chi connectivity index (χ1) is 7.58. The van der Waals surface area contributed by atoms with E-state index in [1.54, 1.807) is 12.1 Å². The van der Waals surface area contributed by atoms with Gasteiger partial charge in [0.2, 0.25) is 6.20 Å². The second-order valence-electron chi connectivity index (χ2n) is 2.83. The van der Waals surface area contributed by atoms with Gasteiger partial charge >= 0.3 is 0 Å². The molecule has 1 aromatic carbocycles. The van der Waals surface area contributed by atoms with Crippen molar-refractivity contribution >= 4 is 22.0 Å². The van der Waals surface area contributed by atoms with Gasteiger partial charge in [-0.25, -0.2) is 0 Å². The summed E-state index contributed by atoms with van der Waals surface area (Å²) < 4.78 is 10.9. The molecule has 1 rings (SSSR count). The number of ether oxygens (including phenoxy) is 2. The van der Waals surface area contributed by atoms with Gasteiger partial charge in [-0.3, -0.25) is 10.1 Å². The summed E-state index contributed by atoms with van der Waals surface area (Å²) >= 11 is 3.30. The highest BCUT2D eigenvalue weighted by molar-refractivity contribution is 9.10. The van der Waals surface area contributed by atoms with Gasteiger partial charge in [0.25, 0.3) is 0 Å². The fourth-order valence-corrected chi connectivity index (χ4v) is 1.64. The molecule has 5 nitrogen and oxygen atoms in total. The SMILES string of the molecule is COc1cc(/C=C\[N+](=O)[O-])c(OC)cc1Br. The van der Waals surface area contributed by atoms with Crippen molar-refractivity contribution in [3.8, 4) is 11.5 Å². The van der Waals surface area contributed by atoms with E-state index < -0.39 is 4.92 Å². The van der Waals surface area contributed by atoms with Gasteiger partial charge in [0, 0.05) is 11.6 Å². The van der Waals surface area contributed by atoms with Gasteiger partial charge in [-0.2, -0.15) is 0 Å². The Labute approximate surface area is 101 Å². The smallest absolute Gasteiger partial charge is 0.235 e. The first-order valence-corrected chi connectivity index (χ1v) is 5.11. The summed E-state index contributed by atoms with van der Waals surface area (Å²) in [6, 6.07) is 3.35. The Balaban J connectivity index is 3.19. The average molecular weight is 288 g/mol. The number of hydrogen-bond acceptors (Lipinski definition) is 4. The van der Waals surface area contributed by atoms with Crippen molar-refractivity contribution in [2.45, 2.75) is 0 Å². The highest BCUT2D eigenvalue weighted by Gasteiger charge is 2.08. The first kappa shape index (κ1) is 12.5. The number of benzene rings is 1. The van der Waals surface area contributed by atoms with Crippen molar-refractivity contribution in [1.82, 2.24) is 0 Å². The molecule has 0 atom stereocenters. The molecule has 0 aliphatic rings. The summed E-state index contributed by atoms with van der Waals surface area (Å²) in [6.45, 7) is 0. The third-order valence-electron chi connectivity index (χ3n) is 1.88. The maximum Gasteiger partial charge on any atom is 0.235 e. The predicted molar refractivity (Wildman–Crippen MR) is 63.3 cm³/mol. The van der Waals surface area contributed by atoms with Gasteiger partial charge in [0.15, 0.2) is 0 Å². The molecule has 86 valence electrons. The van der Waals surface area contributed by atoms with Gasteiger partial charge in [-0.15, -0.1) is 0 Å².